The number of fused-ring (bicyclic) bond motifs is 1. The molecule has 1 aromatic heterocycles. The second kappa shape index (κ2) is 6.76. The Balaban J connectivity index is 2.13. The molecule has 4 heteroatoms. The maximum absolute atomic E-state index is 12.0. The zero-order chi connectivity index (χ0) is 15.4. The van der Waals surface area contributed by atoms with Crippen molar-refractivity contribution in [3.05, 3.63) is 36.1 Å². The van der Waals surface area contributed by atoms with Gasteiger partial charge in [-0.2, -0.15) is 0 Å². The van der Waals surface area contributed by atoms with Crippen molar-refractivity contribution in [3.8, 4) is 0 Å². The summed E-state index contributed by atoms with van der Waals surface area (Å²) < 4.78 is 5.85. The Bertz CT molecular complexity index is 571. The van der Waals surface area contributed by atoms with Gasteiger partial charge in [0, 0.05) is 12.4 Å². The van der Waals surface area contributed by atoms with Gasteiger partial charge in [0.2, 0.25) is 5.91 Å². The molecule has 0 aliphatic rings. The van der Waals surface area contributed by atoms with Crippen molar-refractivity contribution in [3.63, 3.8) is 0 Å². The second-order valence-electron chi connectivity index (χ2n) is 5.87. The van der Waals surface area contributed by atoms with Gasteiger partial charge < -0.3 is 9.73 Å². The van der Waals surface area contributed by atoms with Gasteiger partial charge >= 0.3 is 0 Å². The maximum atomic E-state index is 12.0. The van der Waals surface area contributed by atoms with Crippen LogP contribution < -0.4 is 10.6 Å². The molecule has 2 N–H and O–H groups in total. The Hall–Kier alpha value is -1.81. The molecule has 1 heterocycles. The number of amides is 1. The molecule has 4 nitrogen and oxygen atoms in total. The molecule has 21 heavy (non-hydrogen) atoms. The summed E-state index contributed by atoms with van der Waals surface area (Å²) in [5.41, 5.74) is 0.876. The highest BCUT2D eigenvalue weighted by Crippen LogP contribution is 2.24. The quantitative estimate of drug-likeness (QED) is 0.858. The smallest absolute Gasteiger partial charge is 0.236 e. The first-order valence-corrected chi connectivity index (χ1v) is 7.47. The Morgan fingerprint density at radius 2 is 1.95 bits per heavy atom. The number of rotatable bonds is 6. The average Bonchev–Trinajstić information content (AvgIpc) is 2.89. The molecule has 2 aromatic rings. The molecule has 0 bridgehead atoms. The van der Waals surface area contributed by atoms with Gasteiger partial charge in [-0.25, -0.2) is 0 Å². The summed E-state index contributed by atoms with van der Waals surface area (Å²) in [6.45, 7) is 6.25. The van der Waals surface area contributed by atoms with Crippen LogP contribution in [-0.4, -0.2) is 19.0 Å². The first kappa shape index (κ1) is 15.6. The van der Waals surface area contributed by atoms with Crippen LogP contribution in [0.15, 0.2) is 34.7 Å². The Morgan fingerprint density at radius 1 is 1.24 bits per heavy atom. The lowest BCUT2D eigenvalue weighted by Gasteiger charge is -2.22. The lowest BCUT2D eigenvalue weighted by Crippen LogP contribution is -2.44. The highest BCUT2D eigenvalue weighted by atomic mass is 16.3. The van der Waals surface area contributed by atoms with E-state index in [0.29, 0.717) is 5.92 Å². The topological polar surface area (TPSA) is 54.3 Å². The summed E-state index contributed by atoms with van der Waals surface area (Å²) in [5.74, 6) is 1.32. The minimum absolute atomic E-state index is 0.0153. The normalized spacial score (nSPS) is 14.3. The van der Waals surface area contributed by atoms with Gasteiger partial charge in [-0.1, -0.05) is 32.0 Å². The Morgan fingerprint density at radius 3 is 2.57 bits per heavy atom. The van der Waals surface area contributed by atoms with Crippen LogP contribution >= 0.6 is 0 Å². The van der Waals surface area contributed by atoms with Gasteiger partial charge in [0.15, 0.2) is 0 Å². The SMILES string of the molecule is CNC(=O)C(CC(C)C)NC(C)c1cc2ccccc2o1. The van der Waals surface area contributed by atoms with Crippen LogP contribution in [0, 0.1) is 5.92 Å². The van der Waals surface area contributed by atoms with E-state index in [-0.39, 0.29) is 18.0 Å². The average molecular weight is 288 g/mol. The van der Waals surface area contributed by atoms with Crippen molar-refractivity contribution in [1.29, 1.82) is 0 Å². The van der Waals surface area contributed by atoms with Crippen LogP contribution in [0.5, 0.6) is 0 Å². The summed E-state index contributed by atoms with van der Waals surface area (Å²) in [4.78, 5) is 12.0. The standard InChI is InChI=1S/C17H24N2O2/c1-11(2)9-14(17(20)18-4)19-12(3)16-10-13-7-5-6-8-15(13)21-16/h5-8,10-12,14,19H,9H2,1-4H3,(H,18,20). The van der Waals surface area contributed by atoms with Gasteiger partial charge in [0.25, 0.3) is 0 Å². The highest BCUT2D eigenvalue weighted by Gasteiger charge is 2.22. The third-order valence-corrected chi connectivity index (χ3v) is 3.59. The van der Waals surface area contributed by atoms with E-state index in [1.807, 2.05) is 37.3 Å². The number of likely N-dealkylation sites (N-methyl/N-ethyl adjacent to an activating group) is 1. The van der Waals surface area contributed by atoms with Gasteiger partial charge in [0.05, 0.1) is 12.1 Å². The molecule has 114 valence electrons. The second-order valence-corrected chi connectivity index (χ2v) is 5.87. The van der Waals surface area contributed by atoms with Gasteiger partial charge in [-0.3, -0.25) is 10.1 Å². The van der Waals surface area contributed by atoms with E-state index < -0.39 is 0 Å². The van der Waals surface area contributed by atoms with Crippen molar-refractivity contribution in [2.45, 2.75) is 39.3 Å². The fourth-order valence-electron chi connectivity index (χ4n) is 2.50. The van der Waals surface area contributed by atoms with E-state index in [4.69, 9.17) is 4.42 Å². The summed E-state index contributed by atoms with van der Waals surface area (Å²) >= 11 is 0. The Kier molecular flexibility index (Phi) is 5.02. The molecule has 0 spiro atoms. The van der Waals surface area contributed by atoms with Crippen LogP contribution in [0.4, 0.5) is 0 Å². The van der Waals surface area contributed by atoms with E-state index in [2.05, 4.69) is 24.5 Å². The maximum Gasteiger partial charge on any atom is 0.236 e. The van der Waals surface area contributed by atoms with Gasteiger partial charge in [0.1, 0.15) is 11.3 Å². The summed E-state index contributed by atoms with van der Waals surface area (Å²) in [5, 5.41) is 7.18. The van der Waals surface area contributed by atoms with E-state index in [1.165, 1.54) is 0 Å². The number of nitrogens with one attached hydrogen (secondary N) is 2. The first-order valence-electron chi connectivity index (χ1n) is 7.47. The minimum Gasteiger partial charge on any atom is -0.459 e. The molecule has 0 aliphatic heterocycles. The molecule has 1 aromatic carbocycles. The van der Waals surface area contributed by atoms with Gasteiger partial charge in [-0.05, 0) is 31.4 Å². The number of carbonyl (C=O) groups excluding carboxylic acids is 1. The molecule has 2 rings (SSSR count). The number of hydrogen-bond donors (Lipinski definition) is 2. The van der Waals surface area contributed by atoms with Crippen LogP contribution in [0.25, 0.3) is 11.0 Å². The van der Waals surface area contributed by atoms with Crippen molar-refractivity contribution in [2.75, 3.05) is 7.05 Å². The van der Waals surface area contributed by atoms with E-state index in [0.717, 1.165) is 23.2 Å². The first-order chi connectivity index (χ1) is 10.0. The monoisotopic (exact) mass is 288 g/mol. The zero-order valence-electron chi connectivity index (χ0n) is 13.1. The molecule has 2 unspecified atom stereocenters. The molecule has 1 amide bonds. The lowest BCUT2D eigenvalue weighted by atomic mass is 10.0. The largest absolute Gasteiger partial charge is 0.459 e. The van der Waals surface area contributed by atoms with Crippen LogP contribution in [0.3, 0.4) is 0 Å². The van der Waals surface area contributed by atoms with Crippen LogP contribution in [-0.2, 0) is 4.79 Å². The fourth-order valence-corrected chi connectivity index (χ4v) is 2.50. The van der Waals surface area contributed by atoms with Crippen molar-refractivity contribution in [1.82, 2.24) is 10.6 Å². The van der Waals surface area contributed by atoms with E-state index >= 15 is 0 Å². The van der Waals surface area contributed by atoms with Crippen molar-refractivity contribution >= 4 is 16.9 Å². The van der Waals surface area contributed by atoms with E-state index in [9.17, 15) is 4.79 Å². The number of carbonyl (C=O) groups is 1. The van der Waals surface area contributed by atoms with Crippen molar-refractivity contribution < 1.29 is 9.21 Å². The summed E-state index contributed by atoms with van der Waals surface area (Å²) in [6.07, 6.45) is 0.796. The third-order valence-electron chi connectivity index (χ3n) is 3.59. The number of para-hydroxylation sites is 1. The lowest BCUT2D eigenvalue weighted by molar-refractivity contribution is -0.123. The third kappa shape index (κ3) is 3.85. The zero-order valence-corrected chi connectivity index (χ0v) is 13.1. The highest BCUT2D eigenvalue weighted by molar-refractivity contribution is 5.81. The molecule has 0 saturated heterocycles. The molecule has 2 atom stereocenters. The van der Waals surface area contributed by atoms with Crippen LogP contribution in [0.2, 0.25) is 0 Å². The molecular weight excluding hydrogens is 264 g/mol. The molecule has 0 saturated carbocycles. The van der Waals surface area contributed by atoms with E-state index in [1.54, 1.807) is 7.05 Å². The summed E-state index contributed by atoms with van der Waals surface area (Å²) in [6, 6.07) is 9.74. The van der Waals surface area contributed by atoms with Crippen molar-refractivity contribution in [2.24, 2.45) is 5.92 Å². The molecule has 0 radical (unpaired) electrons. The summed E-state index contributed by atoms with van der Waals surface area (Å²) in [7, 11) is 1.67. The predicted molar refractivity (Wildman–Crippen MR) is 85.1 cm³/mol. The predicted octanol–water partition coefficient (Wildman–Crippen LogP) is 3.24. The minimum atomic E-state index is -0.210. The number of benzene rings is 1. The Labute approximate surface area is 125 Å². The molecule has 0 aliphatic carbocycles. The van der Waals surface area contributed by atoms with Gasteiger partial charge in [-0.15, -0.1) is 0 Å². The fraction of sp³-hybridized carbons (Fsp3) is 0.471. The van der Waals surface area contributed by atoms with Crippen LogP contribution in [0.1, 0.15) is 39.0 Å². The molecule has 0 fully saturated rings. The number of furan rings is 1. The number of hydrogen-bond acceptors (Lipinski definition) is 3. The molecular formula is C17H24N2O2.